The van der Waals surface area contributed by atoms with E-state index in [1.54, 1.807) is 0 Å². The zero-order valence-electron chi connectivity index (χ0n) is 17.1. The normalized spacial score (nSPS) is 12.5. The first kappa shape index (κ1) is 24.4. The maximum Gasteiger partial charge on any atom is 0.0883 e. The molecule has 2 N–H and O–H groups in total. The lowest BCUT2D eigenvalue weighted by Crippen LogP contribution is -2.34. The summed E-state index contributed by atoms with van der Waals surface area (Å²) in [6.45, 7) is 18.5. The monoisotopic (exact) mass is 375 g/mol. The predicted molar refractivity (Wildman–Crippen MR) is 105 cm³/mol. The van der Waals surface area contributed by atoms with Gasteiger partial charge in [0.2, 0.25) is 0 Å². The van der Waals surface area contributed by atoms with E-state index in [0.717, 1.165) is 31.0 Å². The first-order valence-electron chi connectivity index (χ1n) is 8.84. The van der Waals surface area contributed by atoms with Crippen LogP contribution in [0.5, 0.6) is 0 Å². The highest BCUT2D eigenvalue weighted by atomic mass is 32.2. The molecule has 1 heterocycles. The molecule has 0 aromatic carbocycles. The Labute approximate surface area is 157 Å². The van der Waals surface area contributed by atoms with Crippen LogP contribution in [0.2, 0.25) is 0 Å². The maximum atomic E-state index is 6.09. The van der Waals surface area contributed by atoms with Gasteiger partial charge in [0.15, 0.2) is 0 Å². The van der Waals surface area contributed by atoms with Crippen molar-refractivity contribution in [3.63, 3.8) is 0 Å². The highest BCUT2D eigenvalue weighted by Crippen LogP contribution is 2.33. The third kappa shape index (κ3) is 11.6. The minimum absolute atomic E-state index is 0.114. The third-order valence-electron chi connectivity index (χ3n) is 3.50. The van der Waals surface area contributed by atoms with E-state index < -0.39 is 0 Å². The molecule has 148 valence electrons. The molecule has 1 aromatic heterocycles. The molecule has 0 aliphatic heterocycles. The van der Waals surface area contributed by atoms with Gasteiger partial charge in [0, 0.05) is 18.1 Å². The fourth-order valence-corrected chi connectivity index (χ4v) is 3.43. The molecule has 1 aromatic rings. The van der Waals surface area contributed by atoms with Crippen LogP contribution in [-0.4, -0.2) is 43.0 Å². The molecule has 0 amide bonds. The van der Waals surface area contributed by atoms with Crippen molar-refractivity contribution in [2.75, 3.05) is 6.61 Å². The molecule has 0 radical (unpaired) electrons. The maximum absolute atomic E-state index is 6.09. The van der Waals surface area contributed by atoms with Crippen LogP contribution >= 0.6 is 11.8 Å². The Balaban J connectivity index is 0.00000277. The zero-order chi connectivity index (χ0) is 19.7. The molecule has 0 fully saturated rings. The second-order valence-electron chi connectivity index (χ2n) is 8.58. The van der Waals surface area contributed by atoms with E-state index in [0.29, 0.717) is 11.2 Å². The lowest BCUT2D eigenvalue weighted by molar-refractivity contribution is -0.176. The molecule has 0 aliphatic carbocycles. The molecule has 0 aliphatic rings. The number of hydrogen-bond acceptors (Lipinski definition) is 6. The van der Waals surface area contributed by atoms with Gasteiger partial charge in [-0.25, -0.2) is 4.68 Å². The quantitative estimate of drug-likeness (QED) is 0.451. The van der Waals surface area contributed by atoms with E-state index in [1.165, 1.54) is 0 Å². The van der Waals surface area contributed by atoms with Gasteiger partial charge in [0.25, 0.3) is 0 Å². The summed E-state index contributed by atoms with van der Waals surface area (Å²) in [4.78, 5) is 0. The molecule has 0 bridgehead atoms. The topological polar surface area (TPSA) is 80.4 Å². The van der Waals surface area contributed by atoms with Crippen molar-refractivity contribution < 1.29 is 15.3 Å². The summed E-state index contributed by atoms with van der Waals surface area (Å²) in [5, 5.41) is 21.2. The number of rotatable bonds is 10. The van der Waals surface area contributed by atoms with Crippen LogP contribution in [0.4, 0.5) is 0 Å². The summed E-state index contributed by atoms with van der Waals surface area (Å²) in [6, 6.07) is 0. The van der Waals surface area contributed by atoms with Gasteiger partial charge >= 0.3 is 0 Å². The number of aromatic nitrogens is 3. The Morgan fingerprint density at radius 3 is 2.28 bits per heavy atom. The Kier molecular flexibility index (Phi) is 10.9. The van der Waals surface area contributed by atoms with Crippen LogP contribution in [0.3, 0.4) is 0 Å². The van der Waals surface area contributed by atoms with Crippen molar-refractivity contribution in [1.29, 1.82) is 0 Å². The first-order valence-corrected chi connectivity index (χ1v) is 9.88. The summed E-state index contributed by atoms with van der Waals surface area (Å²) < 4.78 is 8.03. The molecule has 0 atom stereocenters. The molecule has 1 rings (SSSR count). The van der Waals surface area contributed by atoms with Crippen LogP contribution in [0.25, 0.3) is 0 Å². The second-order valence-corrected chi connectivity index (χ2v) is 10.1. The Bertz CT molecular complexity index is 474. The predicted octanol–water partition coefficient (Wildman–Crippen LogP) is 4.80. The molecule has 25 heavy (non-hydrogen) atoms. The molecule has 0 spiro atoms. The van der Waals surface area contributed by atoms with Gasteiger partial charge in [-0.15, -0.1) is 16.9 Å². The van der Waals surface area contributed by atoms with Crippen LogP contribution in [0.15, 0.2) is 6.20 Å². The van der Waals surface area contributed by atoms with Gasteiger partial charge in [0.1, 0.15) is 0 Å². The Morgan fingerprint density at radius 1 is 1.16 bits per heavy atom. The standard InChI is InChI=1S/C18H35N3OS.H2O2/c1-14(2)11-22-18(7,8)12-17(5,6)9-16-10-21(20-19-16)13-23-15(3)4;1-2/h10,14-15H,9,11-13H2,1-8H3;1-2H. The van der Waals surface area contributed by atoms with Crippen molar-refractivity contribution >= 4 is 11.8 Å². The summed E-state index contributed by atoms with van der Waals surface area (Å²) >= 11 is 1.88. The lowest BCUT2D eigenvalue weighted by Gasteiger charge is -2.35. The minimum Gasteiger partial charge on any atom is -0.375 e. The fraction of sp³-hybridized carbons (Fsp3) is 0.889. The van der Waals surface area contributed by atoms with Gasteiger partial charge in [0.05, 0.1) is 17.2 Å². The third-order valence-corrected chi connectivity index (χ3v) is 4.58. The van der Waals surface area contributed by atoms with E-state index in [9.17, 15) is 0 Å². The van der Waals surface area contributed by atoms with Crippen molar-refractivity contribution in [2.24, 2.45) is 11.3 Å². The summed E-state index contributed by atoms with van der Waals surface area (Å²) in [5.41, 5.74) is 1.09. The number of ether oxygens (including phenoxy) is 1. The summed E-state index contributed by atoms with van der Waals surface area (Å²) in [5.74, 6) is 1.43. The Morgan fingerprint density at radius 2 is 1.76 bits per heavy atom. The molecule has 7 heteroatoms. The number of thioether (sulfide) groups is 1. The summed E-state index contributed by atoms with van der Waals surface area (Å²) in [7, 11) is 0. The van der Waals surface area contributed by atoms with E-state index in [2.05, 4.69) is 71.9 Å². The molecule has 0 saturated heterocycles. The van der Waals surface area contributed by atoms with Crippen molar-refractivity contribution in [2.45, 2.75) is 85.0 Å². The van der Waals surface area contributed by atoms with E-state index in [4.69, 9.17) is 15.3 Å². The Hall–Kier alpha value is -0.630. The van der Waals surface area contributed by atoms with Crippen molar-refractivity contribution in [3.8, 4) is 0 Å². The highest BCUT2D eigenvalue weighted by molar-refractivity contribution is 7.98. The van der Waals surface area contributed by atoms with Crippen LogP contribution in [0, 0.1) is 11.3 Å². The average Bonchev–Trinajstić information content (AvgIpc) is 2.91. The van der Waals surface area contributed by atoms with Gasteiger partial charge < -0.3 is 4.74 Å². The lowest BCUT2D eigenvalue weighted by atomic mass is 9.78. The van der Waals surface area contributed by atoms with Crippen molar-refractivity contribution in [1.82, 2.24) is 15.0 Å². The first-order chi connectivity index (χ1) is 11.5. The summed E-state index contributed by atoms with van der Waals surface area (Å²) in [6.07, 6.45) is 4.01. The molecular weight excluding hydrogens is 338 g/mol. The van der Waals surface area contributed by atoms with Crippen LogP contribution in [0.1, 0.15) is 67.5 Å². The van der Waals surface area contributed by atoms with E-state index in [1.807, 2.05) is 16.4 Å². The number of nitrogens with zero attached hydrogens (tertiary/aromatic N) is 3. The van der Waals surface area contributed by atoms with Gasteiger partial charge in [-0.3, -0.25) is 10.5 Å². The SMILES string of the molecule is CC(C)COC(C)(C)CC(C)(C)Cc1cn(CSC(C)C)nn1.OO. The van der Waals surface area contributed by atoms with Crippen LogP contribution < -0.4 is 0 Å². The van der Waals surface area contributed by atoms with Gasteiger partial charge in [-0.1, -0.05) is 46.8 Å². The second kappa shape index (κ2) is 11.2. The van der Waals surface area contributed by atoms with E-state index >= 15 is 0 Å². The zero-order valence-corrected chi connectivity index (χ0v) is 17.9. The fourth-order valence-electron chi connectivity index (χ4n) is 2.86. The molecule has 6 nitrogen and oxygen atoms in total. The number of hydrogen-bond donors (Lipinski definition) is 2. The molecule has 0 saturated carbocycles. The largest absolute Gasteiger partial charge is 0.375 e. The highest BCUT2D eigenvalue weighted by Gasteiger charge is 2.30. The van der Waals surface area contributed by atoms with E-state index in [-0.39, 0.29) is 11.0 Å². The van der Waals surface area contributed by atoms with Gasteiger partial charge in [-0.2, -0.15) is 0 Å². The smallest absolute Gasteiger partial charge is 0.0883 e. The van der Waals surface area contributed by atoms with Gasteiger partial charge in [-0.05, 0) is 38.0 Å². The average molecular weight is 376 g/mol. The molecule has 0 unspecified atom stereocenters. The van der Waals surface area contributed by atoms with Crippen LogP contribution in [-0.2, 0) is 17.0 Å². The van der Waals surface area contributed by atoms with Crippen molar-refractivity contribution in [3.05, 3.63) is 11.9 Å². The molecular formula is C18H37N3O3S. The minimum atomic E-state index is -0.114.